The monoisotopic (exact) mass is 607 g/mol. The second-order valence-electron chi connectivity index (χ2n) is 9.99. The predicted molar refractivity (Wildman–Crippen MR) is 155 cm³/mol. The zero-order chi connectivity index (χ0) is 31.4. The van der Waals surface area contributed by atoms with Crippen molar-refractivity contribution in [2.75, 3.05) is 10.6 Å². The van der Waals surface area contributed by atoms with Gasteiger partial charge in [-0.15, -0.1) is 4.36 Å². The number of anilines is 2. The number of carboxylic acid groups (broad SMARTS) is 1. The summed E-state index contributed by atoms with van der Waals surface area (Å²) in [4.78, 5) is 44.3. The van der Waals surface area contributed by atoms with Crippen LogP contribution in [0.4, 0.5) is 25.4 Å². The Hall–Kier alpha value is -5.37. The Balaban J connectivity index is 1.68. The number of halogens is 1. The molecule has 0 saturated heterocycles. The summed E-state index contributed by atoms with van der Waals surface area (Å²) in [5, 5.41) is 23.6. The number of nitrogens with zero attached hydrogens (tertiary/aromatic N) is 3. The lowest BCUT2D eigenvalue weighted by atomic mass is 10.0. The highest BCUT2D eigenvalue weighted by Crippen LogP contribution is 2.30. The Kier molecular flexibility index (Phi) is 8.71. The van der Waals surface area contributed by atoms with Crippen LogP contribution < -0.4 is 10.6 Å². The summed E-state index contributed by atoms with van der Waals surface area (Å²) in [5.41, 5.74) is 0.610. The maximum absolute atomic E-state index is 14.1. The van der Waals surface area contributed by atoms with E-state index in [2.05, 4.69) is 25.0 Å². The fraction of sp³-hybridized carbons (Fsp3) is 0.138. The molecule has 0 spiro atoms. The van der Waals surface area contributed by atoms with E-state index in [0.29, 0.717) is 11.1 Å². The molecule has 0 saturated carbocycles. The van der Waals surface area contributed by atoms with Crippen molar-refractivity contribution in [3.8, 4) is 17.1 Å². The number of hydrogen-bond acceptors (Lipinski definition) is 8. The Labute approximate surface area is 245 Å². The van der Waals surface area contributed by atoms with Crippen molar-refractivity contribution >= 4 is 39.2 Å². The van der Waals surface area contributed by atoms with Gasteiger partial charge in [-0.25, -0.2) is 28.2 Å². The summed E-state index contributed by atoms with van der Waals surface area (Å²) in [7, 11) is -3.72. The summed E-state index contributed by atoms with van der Waals surface area (Å²) in [6.07, 6.45) is -0.336. The van der Waals surface area contributed by atoms with E-state index in [1.807, 2.05) is 0 Å². The van der Waals surface area contributed by atoms with Gasteiger partial charge in [-0.2, -0.15) is 0 Å². The highest BCUT2D eigenvalue weighted by Gasteiger charge is 2.24. The van der Waals surface area contributed by atoms with E-state index in [1.54, 1.807) is 26.8 Å². The van der Waals surface area contributed by atoms with Gasteiger partial charge in [0.05, 0.1) is 33.6 Å². The maximum Gasteiger partial charge on any atom is 0.442 e. The van der Waals surface area contributed by atoms with Crippen LogP contribution in [0.5, 0.6) is 6.01 Å². The quantitative estimate of drug-likeness (QED) is 0.200. The summed E-state index contributed by atoms with van der Waals surface area (Å²) >= 11 is 0. The van der Waals surface area contributed by atoms with Gasteiger partial charge in [-0.1, -0.05) is 18.2 Å². The number of aromatic hydroxyl groups is 1. The molecule has 0 aliphatic rings. The molecule has 0 radical (unpaired) electrons. The normalized spacial score (nSPS) is 12.5. The van der Waals surface area contributed by atoms with Crippen LogP contribution in [0.15, 0.2) is 93.3 Å². The highest BCUT2D eigenvalue weighted by atomic mass is 32.2. The van der Waals surface area contributed by atoms with Crippen molar-refractivity contribution in [1.29, 1.82) is 0 Å². The van der Waals surface area contributed by atoms with E-state index in [4.69, 9.17) is 4.74 Å². The van der Waals surface area contributed by atoms with Crippen molar-refractivity contribution in [2.24, 2.45) is 4.36 Å². The topological polar surface area (TPSA) is 180 Å². The first kappa shape index (κ1) is 30.6. The minimum absolute atomic E-state index is 0.0238. The van der Waals surface area contributed by atoms with E-state index in [-0.39, 0.29) is 26.7 Å². The molecule has 1 aromatic heterocycles. The molecule has 1 heterocycles. The molecular weight excluding hydrogens is 581 g/mol. The van der Waals surface area contributed by atoms with Gasteiger partial charge in [0.25, 0.3) is 5.91 Å². The third-order valence-electron chi connectivity index (χ3n) is 5.65. The third-order valence-corrected chi connectivity index (χ3v) is 7.82. The van der Waals surface area contributed by atoms with Crippen molar-refractivity contribution in [1.82, 2.24) is 9.97 Å². The maximum atomic E-state index is 14.1. The van der Waals surface area contributed by atoms with Crippen LogP contribution in [-0.4, -0.2) is 48.1 Å². The molecule has 12 nitrogen and oxygen atoms in total. The molecule has 1 unspecified atom stereocenters. The first-order chi connectivity index (χ1) is 20.2. The van der Waals surface area contributed by atoms with Crippen LogP contribution in [-0.2, 0) is 14.5 Å². The molecular formula is C29H26FN5O7S. The zero-order valence-electron chi connectivity index (χ0n) is 23.1. The number of nitrogens with one attached hydrogen (secondary N) is 2. The van der Waals surface area contributed by atoms with Gasteiger partial charge in [0.15, 0.2) is 0 Å². The highest BCUT2D eigenvalue weighted by molar-refractivity contribution is 7.94. The minimum Gasteiger partial charge on any atom is -0.479 e. The molecule has 4 aromatic rings. The van der Waals surface area contributed by atoms with Crippen molar-refractivity contribution in [2.45, 2.75) is 36.2 Å². The number of rotatable bonds is 6. The number of amides is 3. The summed E-state index contributed by atoms with van der Waals surface area (Å²) < 4.78 is 36.5. The Morgan fingerprint density at radius 2 is 1.47 bits per heavy atom. The lowest BCUT2D eigenvalue weighted by Gasteiger charge is -2.18. The molecule has 3 aromatic carbocycles. The summed E-state index contributed by atoms with van der Waals surface area (Å²) in [5.74, 6) is -1.06. The SMILES string of the molecule is CC(C)(C)OC(=O)N=S(=O)(c1ccc(C(=O)Nc2cc(-c3ccc(F)cc3)ccc2NC(=O)O)cc1)c1cnc(O)nc1. The van der Waals surface area contributed by atoms with Gasteiger partial charge in [-0.3, -0.25) is 10.1 Å². The van der Waals surface area contributed by atoms with Gasteiger partial charge < -0.3 is 20.3 Å². The summed E-state index contributed by atoms with van der Waals surface area (Å²) in [6.45, 7) is 4.85. The van der Waals surface area contributed by atoms with Crippen LogP contribution in [0.1, 0.15) is 31.1 Å². The molecule has 0 aliphatic carbocycles. The van der Waals surface area contributed by atoms with E-state index >= 15 is 0 Å². The number of carbonyl (C=O) groups excluding carboxylic acids is 2. The molecule has 0 bridgehead atoms. The van der Waals surface area contributed by atoms with Gasteiger partial charge in [0, 0.05) is 5.56 Å². The first-order valence-electron chi connectivity index (χ1n) is 12.6. The van der Waals surface area contributed by atoms with Crippen LogP contribution in [0.25, 0.3) is 11.1 Å². The zero-order valence-corrected chi connectivity index (χ0v) is 23.9. The minimum atomic E-state index is -3.72. The van der Waals surface area contributed by atoms with Crippen LogP contribution in [0.2, 0.25) is 0 Å². The van der Waals surface area contributed by atoms with Crippen molar-refractivity contribution in [3.05, 3.63) is 90.5 Å². The van der Waals surface area contributed by atoms with Gasteiger partial charge in [0.2, 0.25) is 0 Å². The molecule has 0 fully saturated rings. The van der Waals surface area contributed by atoms with E-state index in [0.717, 1.165) is 12.4 Å². The molecule has 4 N–H and O–H groups in total. The fourth-order valence-corrected chi connectivity index (χ4v) is 5.38. The second-order valence-corrected chi connectivity index (χ2v) is 12.2. The third kappa shape index (κ3) is 7.68. The average molecular weight is 608 g/mol. The van der Waals surface area contributed by atoms with E-state index in [1.165, 1.54) is 60.7 Å². The molecule has 222 valence electrons. The molecule has 1 atom stereocenters. The number of hydrogen-bond donors (Lipinski definition) is 4. The second kappa shape index (κ2) is 12.2. The van der Waals surface area contributed by atoms with E-state index in [9.17, 15) is 33.2 Å². The fourth-order valence-electron chi connectivity index (χ4n) is 3.76. The molecule has 43 heavy (non-hydrogen) atoms. The molecule has 3 amide bonds. The lowest BCUT2D eigenvalue weighted by Crippen LogP contribution is -2.22. The average Bonchev–Trinajstić information content (AvgIpc) is 2.93. The standard InChI is InChI=1S/C29H26FN5O7S/c1-29(2,3)42-28(40)35-43(41,22-15-31-26(37)32-16-22)21-11-6-18(7-12-21)25(36)33-24-14-19(8-13-23(24)34-27(38)39)17-4-9-20(30)10-5-17/h4-16,34H,1-3H3,(H,33,36)(H,38,39)(H,31,32,37). The summed E-state index contributed by atoms with van der Waals surface area (Å²) in [6, 6.07) is 15.0. The molecule has 4 rings (SSSR count). The Bertz CT molecular complexity index is 1800. The van der Waals surface area contributed by atoms with Crippen molar-refractivity contribution < 1.29 is 37.9 Å². The van der Waals surface area contributed by atoms with E-state index < -0.39 is 45.3 Å². The van der Waals surface area contributed by atoms with Gasteiger partial charge in [-0.05, 0) is 80.4 Å². The van der Waals surface area contributed by atoms with Gasteiger partial charge in [0.1, 0.15) is 21.1 Å². The molecule has 0 aliphatic heterocycles. The van der Waals surface area contributed by atoms with Gasteiger partial charge >= 0.3 is 18.2 Å². The molecule has 14 heteroatoms. The van der Waals surface area contributed by atoms with Crippen LogP contribution in [0, 0.1) is 5.82 Å². The number of ether oxygens (including phenoxy) is 1. The largest absolute Gasteiger partial charge is 0.479 e. The Morgan fingerprint density at radius 3 is 2.05 bits per heavy atom. The lowest BCUT2D eigenvalue weighted by molar-refractivity contribution is 0.0607. The Morgan fingerprint density at radius 1 is 0.860 bits per heavy atom. The van der Waals surface area contributed by atoms with Crippen LogP contribution >= 0.6 is 0 Å². The number of benzene rings is 3. The number of carbonyl (C=O) groups is 3. The number of aromatic nitrogens is 2. The first-order valence-corrected chi connectivity index (χ1v) is 14.1. The van der Waals surface area contributed by atoms with Crippen molar-refractivity contribution in [3.63, 3.8) is 0 Å². The predicted octanol–water partition coefficient (Wildman–Crippen LogP) is 6.15. The van der Waals surface area contributed by atoms with Crippen LogP contribution in [0.3, 0.4) is 0 Å². The smallest absolute Gasteiger partial charge is 0.442 e.